The molecule has 3 N–H and O–H groups in total. The molecule has 19 heavy (non-hydrogen) atoms. The summed E-state index contributed by atoms with van der Waals surface area (Å²) in [7, 11) is 0. The fraction of sp³-hybridized carbons (Fsp3) is 0.0833. The number of rotatable bonds is 5. The van der Waals surface area contributed by atoms with Gasteiger partial charge in [-0.15, -0.1) is 16.6 Å². The molecule has 0 aliphatic rings. The summed E-state index contributed by atoms with van der Waals surface area (Å²) in [6.45, 7) is 0.231. The Hall–Kier alpha value is -3.01. The van der Waals surface area contributed by atoms with Crippen LogP contribution in [0.2, 0.25) is 0 Å². The van der Waals surface area contributed by atoms with Crippen LogP contribution in [0.15, 0.2) is 35.7 Å². The van der Waals surface area contributed by atoms with Crippen LogP contribution in [0.3, 0.4) is 0 Å². The Morgan fingerprint density at radius 3 is 3.21 bits per heavy atom. The van der Waals surface area contributed by atoms with Crippen molar-refractivity contribution in [3.63, 3.8) is 0 Å². The molecule has 0 radical (unpaired) electrons. The van der Waals surface area contributed by atoms with E-state index >= 15 is 0 Å². The monoisotopic (exact) mass is 256 g/mol. The minimum absolute atomic E-state index is 0.231. The minimum atomic E-state index is 0.231. The van der Waals surface area contributed by atoms with E-state index in [0.717, 1.165) is 5.56 Å². The van der Waals surface area contributed by atoms with Crippen molar-refractivity contribution < 1.29 is 4.74 Å². The molecular weight excluding hydrogens is 244 g/mol. The van der Waals surface area contributed by atoms with Crippen molar-refractivity contribution in [2.24, 2.45) is 5.10 Å². The van der Waals surface area contributed by atoms with Crippen LogP contribution in [0, 0.1) is 12.3 Å². The molecule has 1 aromatic heterocycles. The van der Waals surface area contributed by atoms with Gasteiger partial charge < -0.3 is 10.6 Å². The number of ether oxygens (including phenoxy) is 1. The van der Waals surface area contributed by atoms with Gasteiger partial charge in [0.1, 0.15) is 18.7 Å². The predicted molar refractivity (Wildman–Crippen MR) is 72.2 cm³/mol. The van der Waals surface area contributed by atoms with Gasteiger partial charge >= 0.3 is 0 Å². The van der Waals surface area contributed by atoms with Crippen LogP contribution in [0.25, 0.3) is 0 Å². The van der Waals surface area contributed by atoms with Crippen LogP contribution in [-0.2, 0) is 0 Å². The number of hydrogen-bond donors (Lipinski definition) is 2. The second-order valence-electron chi connectivity index (χ2n) is 3.50. The van der Waals surface area contributed by atoms with Gasteiger partial charge in [-0.2, -0.15) is 5.10 Å². The predicted octanol–water partition coefficient (Wildman–Crippen LogP) is 0.450. The van der Waals surface area contributed by atoms with Crippen molar-refractivity contribution in [3.8, 4) is 18.1 Å². The van der Waals surface area contributed by atoms with Crippen LogP contribution in [-0.4, -0.2) is 27.7 Å². The van der Waals surface area contributed by atoms with Gasteiger partial charge in [-0.25, -0.2) is 10.1 Å². The maximum atomic E-state index is 5.52. The lowest BCUT2D eigenvalue weighted by Crippen LogP contribution is -2.10. The maximum absolute atomic E-state index is 5.52. The number of hydrogen-bond acceptors (Lipinski definition) is 6. The summed E-state index contributed by atoms with van der Waals surface area (Å²) in [5.41, 5.74) is 3.52. The number of nitrogen functional groups attached to an aromatic ring is 1. The van der Waals surface area contributed by atoms with Crippen molar-refractivity contribution >= 4 is 12.2 Å². The number of nitrogens with two attached hydrogens (primary N) is 1. The lowest BCUT2D eigenvalue weighted by Gasteiger charge is -2.02. The molecule has 2 aromatic rings. The quantitative estimate of drug-likeness (QED) is 0.351. The number of hydrazone groups is 1. The zero-order chi connectivity index (χ0) is 13.5. The van der Waals surface area contributed by atoms with Gasteiger partial charge in [-0.05, 0) is 17.7 Å². The summed E-state index contributed by atoms with van der Waals surface area (Å²) in [6.07, 6.45) is 8.10. The Bertz CT molecular complexity index is 613. The zero-order valence-electron chi connectivity index (χ0n) is 10.0. The van der Waals surface area contributed by atoms with Crippen molar-refractivity contribution in [3.05, 3.63) is 36.2 Å². The summed E-state index contributed by atoms with van der Waals surface area (Å²) in [5, 5.41) is 11.3. The van der Waals surface area contributed by atoms with Crippen LogP contribution in [0.5, 0.6) is 5.75 Å². The van der Waals surface area contributed by atoms with E-state index in [0.29, 0.717) is 11.7 Å². The average molecular weight is 256 g/mol. The molecule has 0 atom stereocenters. The summed E-state index contributed by atoms with van der Waals surface area (Å²) in [4.78, 5) is 0. The molecule has 96 valence electrons. The number of nitrogens with one attached hydrogen (secondary N) is 1. The normalized spacial score (nSPS) is 10.3. The molecule has 7 nitrogen and oxygen atoms in total. The van der Waals surface area contributed by atoms with E-state index in [1.165, 1.54) is 11.0 Å². The molecule has 2 rings (SSSR count). The molecule has 0 saturated heterocycles. The lowest BCUT2D eigenvalue weighted by molar-refractivity contribution is 0.370. The Morgan fingerprint density at radius 1 is 1.58 bits per heavy atom. The van der Waals surface area contributed by atoms with E-state index in [-0.39, 0.29) is 6.61 Å². The highest BCUT2D eigenvalue weighted by Crippen LogP contribution is 2.11. The third kappa shape index (κ3) is 3.47. The largest absolute Gasteiger partial charge is 0.481 e. The zero-order valence-corrected chi connectivity index (χ0v) is 10.0. The van der Waals surface area contributed by atoms with Crippen molar-refractivity contribution in [2.45, 2.75) is 0 Å². The standard InChI is InChI=1S/C12H12N6O/c1-2-6-19-11-5-3-4-10(7-11)8-14-16-12-17-15-9-18(12)13/h1,3-5,7-9H,6,13H2,(H,16,17)/b14-8+. The van der Waals surface area contributed by atoms with Crippen molar-refractivity contribution in [1.82, 2.24) is 14.9 Å². The van der Waals surface area contributed by atoms with Crippen LogP contribution >= 0.6 is 0 Å². The molecule has 0 unspecified atom stereocenters. The average Bonchev–Trinajstić information content (AvgIpc) is 2.83. The fourth-order valence-electron chi connectivity index (χ4n) is 1.30. The van der Waals surface area contributed by atoms with E-state index in [9.17, 15) is 0 Å². The van der Waals surface area contributed by atoms with Gasteiger partial charge in [-0.3, -0.25) is 0 Å². The highest BCUT2D eigenvalue weighted by atomic mass is 16.5. The van der Waals surface area contributed by atoms with Gasteiger partial charge in [-0.1, -0.05) is 18.1 Å². The van der Waals surface area contributed by atoms with E-state index < -0.39 is 0 Å². The van der Waals surface area contributed by atoms with Crippen LogP contribution in [0.1, 0.15) is 5.56 Å². The van der Waals surface area contributed by atoms with Crippen LogP contribution < -0.4 is 16.0 Å². The first-order valence-electron chi connectivity index (χ1n) is 5.40. The van der Waals surface area contributed by atoms with Gasteiger partial charge in [0, 0.05) is 0 Å². The first-order valence-corrected chi connectivity index (χ1v) is 5.40. The topological polar surface area (TPSA) is 90.3 Å². The third-order valence-corrected chi connectivity index (χ3v) is 2.13. The molecule has 0 saturated carbocycles. The Morgan fingerprint density at radius 2 is 2.47 bits per heavy atom. The van der Waals surface area contributed by atoms with Crippen LogP contribution in [0.4, 0.5) is 5.95 Å². The molecule has 1 heterocycles. The van der Waals surface area contributed by atoms with E-state index in [1.807, 2.05) is 24.3 Å². The number of benzene rings is 1. The molecule has 7 heteroatoms. The maximum Gasteiger partial charge on any atom is 0.263 e. The van der Waals surface area contributed by atoms with E-state index in [4.69, 9.17) is 17.0 Å². The van der Waals surface area contributed by atoms with Gasteiger partial charge in [0.15, 0.2) is 0 Å². The Labute approximate surface area is 110 Å². The highest BCUT2D eigenvalue weighted by Gasteiger charge is 1.97. The first kappa shape index (κ1) is 12.4. The molecular formula is C12H12N6O. The first-order chi connectivity index (χ1) is 9.29. The third-order valence-electron chi connectivity index (χ3n) is 2.13. The van der Waals surface area contributed by atoms with E-state index in [2.05, 4.69) is 26.6 Å². The Kier molecular flexibility index (Phi) is 3.97. The molecule has 1 aromatic carbocycles. The number of anilines is 1. The van der Waals surface area contributed by atoms with Gasteiger partial charge in [0.05, 0.1) is 6.21 Å². The minimum Gasteiger partial charge on any atom is -0.481 e. The summed E-state index contributed by atoms with van der Waals surface area (Å²) in [6, 6.07) is 7.36. The smallest absolute Gasteiger partial charge is 0.263 e. The molecule has 0 fully saturated rings. The second kappa shape index (κ2) is 6.07. The lowest BCUT2D eigenvalue weighted by atomic mass is 10.2. The Balaban J connectivity index is 1.99. The summed E-state index contributed by atoms with van der Waals surface area (Å²) in [5.74, 6) is 8.95. The SMILES string of the molecule is C#CCOc1cccc(/C=N/Nc2nncn2N)c1. The molecule has 0 bridgehead atoms. The molecule has 0 aliphatic heterocycles. The number of nitrogens with zero attached hydrogens (tertiary/aromatic N) is 4. The summed E-state index contributed by atoms with van der Waals surface area (Å²) < 4.78 is 6.53. The van der Waals surface area contributed by atoms with Crippen molar-refractivity contribution in [2.75, 3.05) is 17.9 Å². The summed E-state index contributed by atoms with van der Waals surface area (Å²) >= 11 is 0. The number of aromatic nitrogens is 3. The van der Waals surface area contributed by atoms with E-state index in [1.54, 1.807) is 6.21 Å². The molecule has 0 amide bonds. The fourth-order valence-corrected chi connectivity index (χ4v) is 1.30. The number of terminal acetylenes is 1. The second-order valence-corrected chi connectivity index (χ2v) is 3.50. The van der Waals surface area contributed by atoms with Crippen molar-refractivity contribution in [1.29, 1.82) is 0 Å². The van der Waals surface area contributed by atoms with Gasteiger partial charge in [0.2, 0.25) is 0 Å². The highest BCUT2D eigenvalue weighted by molar-refractivity contribution is 5.80. The molecule has 0 spiro atoms. The molecule has 0 aliphatic carbocycles. The van der Waals surface area contributed by atoms with Gasteiger partial charge in [0.25, 0.3) is 5.95 Å².